The second-order valence-corrected chi connectivity index (χ2v) is 12.2. The van der Waals surface area contributed by atoms with Gasteiger partial charge in [0.25, 0.3) is 0 Å². The molecule has 2 fully saturated rings. The van der Waals surface area contributed by atoms with E-state index < -0.39 is 113 Å². The van der Waals surface area contributed by atoms with Gasteiger partial charge in [-0.3, -0.25) is 9.59 Å². The van der Waals surface area contributed by atoms with Gasteiger partial charge in [-0.2, -0.15) is 0 Å². The third-order valence-corrected chi connectivity index (χ3v) is 8.13. The Morgan fingerprint density at radius 1 is 0.691 bits per heavy atom. The van der Waals surface area contributed by atoms with Crippen LogP contribution in [0.5, 0.6) is 11.5 Å². The number of ether oxygens (including phenoxy) is 1. The molecule has 4 aliphatic carbocycles. The number of aromatic nitrogens is 8. The number of tetrazole rings is 2. The molecule has 0 atom stereocenters. The van der Waals surface area contributed by atoms with Gasteiger partial charge in [0.1, 0.15) is 23.1 Å². The van der Waals surface area contributed by atoms with E-state index >= 15 is 0 Å². The molecule has 1 N–H and O–H groups in total. The van der Waals surface area contributed by atoms with Crippen LogP contribution in [0.25, 0.3) is 0 Å². The summed E-state index contributed by atoms with van der Waals surface area (Å²) in [6.07, 6.45) is -45.3. The van der Waals surface area contributed by atoms with Crippen molar-refractivity contribution in [2.24, 2.45) is 0 Å². The van der Waals surface area contributed by atoms with E-state index in [1.54, 1.807) is 0 Å². The summed E-state index contributed by atoms with van der Waals surface area (Å²) in [5.41, 5.74) is 0.845. The summed E-state index contributed by atoms with van der Waals surface area (Å²) in [5, 5.41) is 30.3. The number of carbonyl (C=O) groups excluding carboxylic acids is 2. The third kappa shape index (κ3) is 12.1. The lowest BCUT2D eigenvalue weighted by molar-refractivity contribution is -0.119. The molecule has 8 rings (SSSR count). The number of aromatic hydroxyl groups is 1. The summed E-state index contributed by atoms with van der Waals surface area (Å²) in [5.74, 6) is -1.62. The van der Waals surface area contributed by atoms with E-state index in [4.69, 9.17) is 57.5 Å². The number of halogens is 1. The van der Waals surface area contributed by atoms with Crippen molar-refractivity contribution in [3.63, 3.8) is 0 Å². The summed E-state index contributed by atoms with van der Waals surface area (Å²) >= 11 is 5.60. The molecule has 296 valence electrons. The first-order chi connectivity index (χ1) is 38.3. The van der Waals surface area contributed by atoms with Crippen molar-refractivity contribution in [2.45, 2.75) is 153 Å². The molecule has 12 nitrogen and oxygen atoms in total. The molecule has 2 saturated carbocycles. The maximum atomic E-state index is 12.1. The molecule has 2 aromatic heterocycles. The average molecular weight is 804 g/mol. The largest absolute Gasteiger partial charge is 0.508 e. The number of benzene rings is 2. The first kappa shape index (κ1) is 17.1. The van der Waals surface area contributed by atoms with Gasteiger partial charge in [0.2, 0.25) is 0 Å². The Labute approximate surface area is 371 Å². The summed E-state index contributed by atoms with van der Waals surface area (Å²) in [4.78, 5) is 23.6. The molecule has 4 aliphatic rings. The van der Waals surface area contributed by atoms with Gasteiger partial charge in [0.05, 0.1) is 21.4 Å². The number of hydrogen-bond donors (Lipinski definition) is 1. The van der Waals surface area contributed by atoms with Crippen LogP contribution in [-0.4, -0.2) is 69.6 Å². The highest BCUT2D eigenvalue weighted by Crippen LogP contribution is 2.30. The summed E-state index contributed by atoms with van der Waals surface area (Å²) < 4.78 is 248. The van der Waals surface area contributed by atoms with Crippen LogP contribution in [0.3, 0.4) is 0 Å². The zero-order valence-corrected chi connectivity index (χ0v) is 29.9. The predicted octanol–water partition coefficient (Wildman–Crippen LogP) is 7.83. The van der Waals surface area contributed by atoms with Gasteiger partial charge in [-0.05, 0) is 131 Å². The van der Waals surface area contributed by atoms with E-state index in [-0.39, 0.29) is 79.4 Å². The van der Waals surface area contributed by atoms with E-state index in [1.165, 1.54) is 36.4 Å². The molecule has 0 saturated heterocycles. The minimum atomic E-state index is -3.68. The lowest BCUT2D eigenvalue weighted by Crippen LogP contribution is -2.17. The highest BCUT2D eigenvalue weighted by atomic mass is 35.5. The number of rotatable bonds is 12. The van der Waals surface area contributed by atoms with Crippen molar-refractivity contribution in [1.82, 2.24) is 40.4 Å². The third-order valence-electron chi connectivity index (χ3n) is 7.86. The second kappa shape index (κ2) is 21.2. The number of phenols is 1. The lowest BCUT2D eigenvalue weighted by Gasteiger charge is -2.22. The highest BCUT2D eigenvalue weighted by Gasteiger charge is 2.21. The van der Waals surface area contributed by atoms with Gasteiger partial charge in [0.15, 0.2) is 11.6 Å². The fourth-order valence-electron chi connectivity index (χ4n) is 5.18. The van der Waals surface area contributed by atoms with Crippen molar-refractivity contribution in [3.05, 3.63) is 70.3 Å². The van der Waals surface area contributed by atoms with Crippen LogP contribution >= 0.6 is 11.6 Å². The normalized spacial score (nSPS) is 39.4. The SMILES string of the molecule is [2H]C1([2H])C(=O)Cc2ccc(O)cc2C1([2H])[2H].[2H]C1([2H])C(=O)Cc2ccc(OCCCCc3nnnn3C3([2H])C([2H])([2H])C([2H])([2H])C([2H])([2H])C([2H])([2H])C3([2H])[2H])cc2C1([2H])[2H].[2H]C1([2H])C([2H])([2H])C([2H])([2H])C([2H])(n2nnnc2CCCCCl)C([2H])([2H])C1([2H])[2H]. The number of Topliss-reactive ketones (excluding diaryl/α,β-unsaturated/α-hetero) is 2. The molecule has 0 amide bonds. The average Bonchev–Trinajstić information content (AvgIpc) is 1.26. The molecule has 55 heavy (non-hydrogen) atoms. The van der Waals surface area contributed by atoms with Gasteiger partial charge < -0.3 is 9.84 Å². The van der Waals surface area contributed by atoms with Gasteiger partial charge in [-0.1, -0.05) is 50.4 Å². The Hall–Kier alpha value is -4.19. The Morgan fingerprint density at radius 3 is 1.78 bits per heavy atom. The van der Waals surface area contributed by atoms with Crippen LogP contribution in [0.4, 0.5) is 0 Å². The minimum absolute atomic E-state index is 0.00430. The molecule has 4 aromatic rings. The van der Waals surface area contributed by atoms with Crippen LogP contribution in [0.1, 0.15) is 189 Å². The van der Waals surface area contributed by atoms with E-state index in [1.807, 2.05) is 0 Å². The Kier molecular flexibility index (Phi) is 6.60. The minimum Gasteiger partial charge on any atom is -0.508 e. The maximum Gasteiger partial charge on any atom is 0.151 e. The summed E-state index contributed by atoms with van der Waals surface area (Å²) in [6.45, 7) is 0.0498. The van der Waals surface area contributed by atoms with Crippen molar-refractivity contribution in [3.8, 4) is 11.5 Å². The molecule has 0 unspecified atom stereocenters. The number of fused-ring (bicyclic) bond motifs is 2. The van der Waals surface area contributed by atoms with E-state index in [2.05, 4.69) is 31.1 Å². The summed E-state index contributed by atoms with van der Waals surface area (Å²) in [7, 11) is 0. The molecule has 13 heteroatoms. The first-order valence-electron chi connectivity index (χ1n) is 32.0. The molecule has 0 spiro atoms. The standard InChI is InChI=1S/C21H28N4O2.C11H19ClN4.C10H10O2/c26-19-11-9-17-15-20(12-10-16(17)14-19)27-13-5-4-8-21-22-23-24-25(21)18-6-2-1-3-7-18;12-9-5-4-8-11-13-14-15-16(11)10-6-2-1-3-7-10;11-9-3-1-7-5-10(12)4-2-8(7)6-9/h10,12,15,18H,1-9,11,13-14H2;10H,1-9H2;1,3,6,11H,2,4-5H2/i1D2,2D2,3D2,6D2,7D2,9D2,11D2,18D;1D2,2D2,3D2,6D2,7D2,10D;2D2,4D2. The zero-order valence-electron chi connectivity index (χ0n) is 59.2. The lowest BCUT2D eigenvalue weighted by atomic mass is 9.91. The van der Waals surface area contributed by atoms with Crippen molar-refractivity contribution in [1.29, 1.82) is 0 Å². The van der Waals surface area contributed by atoms with E-state index in [0.29, 0.717) is 39.2 Å². The number of unbranched alkanes of at least 4 members (excludes halogenated alkanes) is 2. The number of hydrogen-bond acceptors (Lipinski definition) is 10. The number of phenolic OH excluding ortho intramolecular Hbond substituents is 1. The highest BCUT2D eigenvalue weighted by molar-refractivity contribution is 6.17. The number of ketones is 2. The Balaban J connectivity index is 0.000000228. The molecule has 2 aromatic carbocycles. The molecular weight excluding hydrogens is 716 g/mol. The molecule has 0 bridgehead atoms. The van der Waals surface area contributed by atoms with Crippen LogP contribution in [0.15, 0.2) is 36.4 Å². The zero-order chi connectivity index (χ0) is 65.2. The van der Waals surface area contributed by atoms with Crippen LogP contribution in [0.2, 0.25) is 0 Å². The first-order valence-corrected chi connectivity index (χ1v) is 17.6. The summed E-state index contributed by atoms with van der Waals surface area (Å²) in [6, 6.07) is 1.56. The monoisotopic (exact) mass is 803 g/mol. The quantitative estimate of drug-likeness (QED) is 0.111. The molecule has 2 heterocycles. The molecular formula is C42H57ClN8O4. The second-order valence-electron chi connectivity index (χ2n) is 11.8. The maximum absolute atomic E-state index is 12.1. The van der Waals surface area contributed by atoms with E-state index in [0.717, 1.165) is 0 Å². The molecule has 0 radical (unpaired) electrons. The fraction of sp³-hybridized carbons (Fsp3) is 0.619. The number of carbonyl (C=O) groups is 2. The van der Waals surface area contributed by atoms with Gasteiger partial charge >= 0.3 is 0 Å². The molecule has 0 aliphatic heterocycles. The van der Waals surface area contributed by atoms with Gasteiger partial charge in [-0.25, -0.2) is 9.36 Å². The van der Waals surface area contributed by atoms with Gasteiger partial charge in [0, 0.05) is 82.7 Å². The van der Waals surface area contributed by atoms with Gasteiger partial charge in [-0.15, -0.1) is 21.8 Å². The van der Waals surface area contributed by atoms with Crippen molar-refractivity contribution >= 4 is 23.2 Å². The smallest absolute Gasteiger partial charge is 0.151 e. The number of alkyl halides is 1. The predicted molar refractivity (Wildman–Crippen MR) is 211 cm³/mol. The number of aryl methyl sites for hydroxylation is 4. The van der Waals surface area contributed by atoms with Crippen molar-refractivity contribution in [2.75, 3.05) is 12.5 Å². The topological polar surface area (TPSA) is 151 Å². The fourth-order valence-corrected chi connectivity index (χ4v) is 5.37. The number of nitrogens with zero attached hydrogens (tertiary/aromatic N) is 8. The van der Waals surface area contributed by atoms with Crippen LogP contribution in [0, 0.1) is 0 Å². The van der Waals surface area contributed by atoms with E-state index in [9.17, 15) is 14.7 Å². The Bertz CT molecular complexity index is 3130. The van der Waals surface area contributed by atoms with Crippen LogP contribution < -0.4 is 4.74 Å². The van der Waals surface area contributed by atoms with Crippen LogP contribution in [-0.2, 0) is 48.0 Å². The Morgan fingerprint density at radius 2 is 1.22 bits per heavy atom. The van der Waals surface area contributed by atoms with Crippen molar-refractivity contribution < 1.29 is 60.6 Å².